The number of hydrogen-bond donors (Lipinski definition) is 3. The van der Waals surface area contributed by atoms with E-state index in [0.717, 1.165) is 37.2 Å². The standard InChI is InChI=1S/C18H21N7O/c1-2-14-11-25(6-5-19-14)18-20-10-16(23-24-18)15-4-3-12(7-17(15)26)13-8-21-22-9-13/h3-4,7-10,14,19,26H,2,5-6,11H2,1H3,(H,21,22). The van der Waals surface area contributed by atoms with E-state index < -0.39 is 0 Å². The van der Waals surface area contributed by atoms with Crippen LogP contribution in [-0.2, 0) is 0 Å². The van der Waals surface area contributed by atoms with E-state index in [1.165, 1.54) is 0 Å². The van der Waals surface area contributed by atoms with E-state index in [1.807, 2.05) is 12.1 Å². The summed E-state index contributed by atoms with van der Waals surface area (Å²) in [5.74, 6) is 0.768. The lowest BCUT2D eigenvalue weighted by molar-refractivity contribution is 0.442. The number of piperazine rings is 1. The van der Waals surface area contributed by atoms with Gasteiger partial charge in [0.2, 0.25) is 5.95 Å². The summed E-state index contributed by atoms with van der Waals surface area (Å²) in [6, 6.07) is 5.88. The molecule has 4 rings (SSSR count). The molecule has 1 unspecified atom stereocenters. The van der Waals surface area contributed by atoms with Crippen molar-refractivity contribution in [2.75, 3.05) is 24.5 Å². The van der Waals surface area contributed by atoms with Gasteiger partial charge in [0.05, 0.1) is 12.4 Å². The van der Waals surface area contributed by atoms with Gasteiger partial charge in [0.15, 0.2) is 0 Å². The number of aromatic nitrogens is 5. The lowest BCUT2D eigenvalue weighted by Gasteiger charge is -2.32. The summed E-state index contributed by atoms with van der Waals surface area (Å²) in [6.07, 6.45) is 6.22. The minimum atomic E-state index is 0.140. The second-order valence-electron chi connectivity index (χ2n) is 6.37. The minimum absolute atomic E-state index is 0.140. The summed E-state index contributed by atoms with van der Waals surface area (Å²) in [6.45, 7) is 4.82. The molecule has 1 saturated heterocycles. The fraction of sp³-hybridized carbons (Fsp3) is 0.333. The predicted octanol–water partition coefficient (Wildman–Crippen LogP) is 1.82. The van der Waals surface area contributed by atoms with Gasteiger partial charge in [-0.15, -0.1) is 10.2 Å². The number of phenolic OH excluding ortho intramolecular Hbond substituents is 1. The van der Waals surface area contributed by atoms with Crippen LogP contribution in [0.4, 0.5) is 5.95 Å². The van der Waals surface area contributed by atoms with Gasteiger partial charge in [0, 0.05) is 43.0 Å². The maximum atomic E-state index is 10.4. The molecule has 0 aliphatic carbocycles. The van der Waals surface area contributed by atoms with Gasteiger partial charge in [0.1, 0.15) is 11.4 Å². The van der Waals surface area contributed by atoms with Gasteiger partial charge >= 0.3 is 0 Å². The fourth-order valence-electron chi connectivity index (χ4n) is 3.15. The summed E-state index contributed by atoms with van der Waals surface area (Å²) in [7, 11) is 0. The minimum Gasteiger partial charge on any atom is -0.507 e. The highest BCUT2D eigenvalue weighted by Gasteiger charge is 2.20. The third-order valence-electron chi connectivity index (χ3n) is 4.69. The maximum absolute atomic E-state index is 10.4. The average Bonchev–Trinajstić information content (AvgIpc) is 3.23. The molecule has 0 saturated carbocycles. The van der Waals surface area contributed by atoms with Crippen molar-refractivity contribution >= 4 is 5.95 Å². The molecule has 134 valence electrons. The molecule has 0 bridgehead atoms. The van der Waals surface area contributed by atoms with Crippen LogP contribution in [0.5, 0.6) is 5.75 Å². The van der Waals surface area contributed by atoms with E-state index >= 15 is 0 Å². The van der Waals surface area contributed by atoms with Crippen LogP contribution in [0.3, 0.4) is 0 Å². The number of benzene rings is 1. The molecule has 1 aliphatic rings. The third kappa shape index (κ3) is 3.23. The monoisotopic (exact) mass is 351 g/mol. The van der Waals surface area contributed by atoms with E-state index in [2.05, 4.69) is 42.5 Å². The van der Waals surface area contributed by atoms with Gasteiger partial charge in [-0.2, -0.15) is 5.10 Å². The zero-order chi connectivity index (χ0) is 17.9. The summed E-state index contributed by atoms with van der Waals surface area (Å²) in [5, 5.41) is 29.1. The summed E-state index contributed by atoms with van der Waals surface area (Å²) >= 11 is 0. The van der Waals surface area contributed by atoms with E-state index in [-0.39, 0.29) is 5.75 Å². The van der Waals surface area contributed by atoms with Crippen molar-refractivity contribution < 1.29 is 5.11 Å². The Balaban J connectivity index is 1.55. The molecule has 0 amide bonds. The molecule has 1 fully saturated rings. The lowest BCUT2D eigenvalue weighted by Crippen LogP contribution is -2.51. The van der Waals surface area contributed by atoms with Crippen LogP contribution < -0.4 is 10.2 Å². The Morgan fingerprint density at radius 1 is 1.23 bits per heavy atom. The molecule has 0 spiro atoms. The van der Waals surface area contributed by atoms with Crippen molar-refractivity contribution in [1.82, 2.24) is 30.7 Å². The first-order chi connectivity index (χ1) is 12.7. The van der Waals surface area contributed by atoms with Crippen molar-refractivity contribution in [2.45, 2.75) is 19.4 Å². The van der Waals surface area contributed by atoms with Crippen molar-refractivity contribution in [3.63, 3.8) is 0 Å². The predicted molar refractivity (Wildman–Crippen MR) is 98.8 cm³/mol. The Hall–Kier alpha value is -3.00. The highest BCUT2D eigenvalue weighted by molar-refractivity contribution is 5.73. The SMILES string of the molecule is CCC1CN(c2ncc(-c3ccc(-c4cn[nH]c4)cc3O)nn2)CCN1. The first-order valence-electron chi connectivity index (χ1n) is 8.75. The molecule has 3 aromatic rings. The normalized spacial score (nSPS) is 17.4. The quantitative estimate of drug-likeness (QED) is 0.659. The zero-order valence-electron chi connectivity index (χ0n) is 14.6. The molecule has 3 N–H and O–H groups in total. The largest absolute Gasteiger partial charge is 0.507 e. The number of H-pyrrole nitrogens is 1. The van der Waals surface area contributed by atoms with Gasteiger partial charge in [0.25, 0.3) is 0 Å². The second kappa shape index (κ2) is 7.09. The van der Waals surface area contributed by atoms with Crippen molar-refractivity contribution in [3.05, 3.63) is 36.8 Å². The second-order valence-corrected chi connectivity index (χ2v) is 6.37. The average molecular weight is 351 g/mol. The van der Waals surface area contributed by atoms with Crippen LogP contribution in [0.25, 0.3) is 22.4 Å². The lowest BCUT2D eigenvalue weighted by atomic mass is 10.0. The molecule has 8 heteroatoms. The number of aromatic amines is 1. The Morgan fingerprint density at radius 3 is 2.85 bits per heavy atom. The molecular formula is C18H21N7O. The highest BCUT2D eigenvalue weighted by atomic mass is 16.3. The number of nitrogens with one attached hydrogen (secondary N) is 2. The molecule has 3 heterocycles. The van der Waals surface area contributed by atoms with Crippen LogP contribution in [0.1, 0.15) is 13.3 Å². The van der Waals surface area contributed by atoms with Crippen molar-refractivity contribution in [2.24, 2.45) is 0 Å². The zero-order valence-corrected chi connectivity index (χ0v) is 14.6. The molecule has 26 heavy (non-hydrogen) atoms. The summed E-state index contributed by atoms with van der Waals surface area (Å²) in [5.41, 5.74) is 2.95. The number of aromatic hydroxyl groups is 1. The number of nitrogens with zero attached hydrogens (tertiary/aromatic N) is 5. The van der Waals surface area contributed by atoms with Crippen molar-refractivity contribution in [3.8, 4) is 28.1 Å². The van der Waals surface area contributed by atoms with Crippen LogP contribution in [0, 0.1) is 0 Å². The smallest absolute Gasteiger partial charge is 0.245 e. The van der Waals surface area contributed by atoms with E-state index in [4.69, 9.17) is 0 Å². The van der Waals surface area contributed by atoms with Gasteiger partial charge in [-0.1, -0.05) is 13.0 Å². The van der Waals surface area contributed by atoms with Gasteiger partial charge in [-0.25, -0.2) is 4.98 Å². The molecular weight excluding hydrogens is 330 g/mol. The molecule has 1 aliphatic heterocycles. The van der Waals surface area contributed by atoms with E-state index in [1.54, 1.807) is 24.7 Å². The summed E-state index contributed by atoms with van der Waals surface area (Å²) in [4.78, 5) is 6.60. The highest BCUT2D eigenvalue weighted by Crippen LogP contribution is 2.31. The van der Waals surface area contributed by atoms with Crippen LogP contribution >= 0.6 is 0 Å². The van der Waals surface area contributed by atoms with Gasteiger partial charge in [-0.3, -0.25) is 5.10 Å². The van der Waals surface area contributed by atoms with Crippen LogP contribution in [0.2, 0.25) is 0 Å². The number of hydrogen-bond acceptors (Lipinski definition) is 7. The Kier molecular flexibility index (Phi) is 4.49. The van der Waals surface area contributed by atoms with Crippen LogP contribution in [0.15, 0.2) is 36.8 Å². The van der Waals surface area contributed by atoms with Crippen molar-refractivity contribution in [1.29, 1.82) is 0 Å². The first kappa shape index (κ1) is 16.5. The Morgan fingerprint density at radius 2 is 2.15 bits per heavy atom. The first-order valence-corrected chi connectivity index (χ1v) is 8.75. The van der Waals surface area contributed by atoms with Crippen LogP contribution in [-0.4, -0.2) is 56.2 Å². The van der Waals surface area contributed by atoms with E-state index in [9.17, 15) is 5.11 Å². The van der Waals surface area contributed by atoms with Gasteiger partial charge < -0.3 is 15.3 Å². The van der Waals surface area contributed by atoms with E-state index in [0.29, 0.717) is 23.2 Å². The molecule has 1 atom stereocenters. The third-order valence-corrected chi connectivity index (χ3v) is 4.69. The molecule has 0 radical (unpaired) electrons. The molecule has 8 nitrogen and oxygen atoms in total. The Bertz CT molecular complexity index is 864. The number of phenols is 1. The number of anilines is 1. The maximum Gasteiger partial charge on any atom is 0.245 e. The molecule has 1 aromatic carbocycles. The number of rotatable bonds is 4. The van der Waals surface area contributed by atoms with Gasteiger partial charge in [-0.05, 0) is 24.1 Å². The summed E-state index contributed by atoms with van der Waals surface area (Å²) < 4.78 is 0. The Labute approximate surface area is 151 Å². The molecule has 2 aromatic heterocycles. The topological polar surface area (TPSA) is 103 Å². The fourth-order valence-corrected chi connectivity index (χ4v) is 3.15.